The van der Waals surface area contributed by atoms with Gasteiger partial charge in [-0.25, -0.2) is 9.18 Å². The Labute approximate surface area is 135 Å². The second-order valence-corrected chi connectivity index (χ2v) is 6.93. The lowest BCUT2D eigenvalue weighted by molar-refractivity contribution is 0.0479. The molecular weight excluding hydrogens is 307 g/mol. The first-order chi connectivity index (χ1) is 10.2. The van der Waals surface area contributed by atoms with Crippen molar-refractivity contribution in [3.63, 3.8) is 0 Å². The number of hydrogen-bond acceptors (Lipinski definition) is 3. The monoisotopic (exact) mass is 328 g/mol. The van der Waals surface area contributed by atoms with Crippen LogP contribution in [0.25, 0.3) is 0 Å². The van der Waals surface area contributed by atoms with Crippen molar-refractivity contribution < 1.29 is 13.9 Å². The van der Waals surface area contributed by atoms with Crippen LogP contribution in [-0.4, -0.2) is 36.2 Å². The van der Waals surface area contributed by atoms with Crippen LogP contribution in [0.5, 0.6) is 0 Å². The first-order valence-electron chi connectivity index (χ1n) is 7.41. The summed E-state index contributed by atoms with van der Waals surface area (Å²) in [6, 6.07) is 3.77. The summed E-state index contributed by atoms with van der Waals surface area (Å²) in [6.45, 7) is 7.92. The van der Waals surface area contributed by atoms with Crippen LogP contribution in [0.4, 0.5) is 9.18 Å². The lowest BCUT2D eigenvalue weighted by Crippen LogP contribution is -2.45. The highest BCUT2D eigenvalue weighted by molar-refractivity contribution is 6.31. The SMILES string of the molecule is CC(C)(C)OC(=O)N[C@H](CN1CCC1)c1cc(F)ccc1Cl. The van der Waals surface area contributed by atoms with E-state index in [2.05, 4.69) is 10.2 Å². The standard InChI is InChI=1S/C16H22ClFN2O2/c1-16(2,3)22-15(21)19-14(10-20-7-4-8-20)12-9-11(18)5-6-13(12)17/h5-6,9,14H,4,7-8,10H2,1-3H3,(H,19,21)/t14-/m1/s1. The summed E-state index contributed by atoms with van der Waals surface area (Å²) in [6.07, 6.45) is 0.606. The number of carbonyl (C=O) groups excluding carboxylic acids is 1. The fourth-order valence-corrected chi connectivity index (χ4v) is 2.52. The maximum Gasteiger partial charge on any atom is 0.408 e. The number of nitrogens with one attached hydrogen (secondary N) is 1. The Morgan fingerprint density at radius 3 is 2.68 bits per heavy atom. The van der Waals surface area contributed by atoms with E-state index in [1.165, 1.54) is 18.2 Å². The highest BCUT2D eigenvalue weighted by atomic mass is 35.5. The van der Waals surface area contributed by atoms with Gasteiger partial charge >= 0.3 is 6.09 Å². The first kappa shape index (κ1) is 17.0. The van der Waals surface area contributed by atoms with Gasteiger partial charge in [-0.2, -0.15) is 0 Å². The van der Waals surface area contributed by atoms with Crippen LogP contribution >= 0.6 is 11.6 Å². The largest absolute Gasteiger partial charge is 0.444 e. The van der Waals surface area contributed by atoms with Crippen molar-refractivity contribution in [1.29, 1.82) is 0 Å². The van der Waals surface area contributed by atoms with Crippen LogP contribution in [-0.2, 0) is 4.74 Å². The molecule has 22 heavy (non-hydrogen) atoms. The maximum atomic E-state index is 13.5. The summed E-state index contributed by atoms with van der Waals surface area (Å²) in [5, 5.41) is 3.24. The lowest BCUT2D eigenvalue weighted by atomic mass is 10.0. The number of nitrogens with zero attached hydrogens (tertiary/aromatic N) is 1. The van der Waals surface area contributed by atoms with Crippen molar-refractivity contribution in [3.8, 4) is 0 Å². The Kier molecular flexibility index (Phi) is 5.29. The van der Waals surface area contributed by atoms with Crippen LogP contribution in [0.2, 0.25) is 5.02 Å². The Morgan fingerprint density at radius 2 is 2.14 bits per heavy atom. The van der Waals surface area contributed by atoms with Crippen molar-refractivity contribution in [1.82, 2.24) is 10.2 Å². The summed E-state index contributed by atoms with van der Waals surface area (Å²) in [7, 11) is 0. The molecular formula is C16H22ClFN2O2. The zero-order valence-corrected chi connectivity index (χ0v) is 13.9. The van der Waals surface area contributed by atoms with E-state index in [1.54, 1.807) is 20.8 Å². The first-order valence-corrected chi connectivity index (χ1v) is 7.79. The molecule has 0 aromatic heterocycles. The number of likely N-dealkylation sites (tertiary alicyclic amines) is 1. The van der Waals surface area contributed by atoms with E-state index in [4.69, 9.17) is 16.3 Å². The summed E-state index contributed by atoms with van der Waals surface area (Å²) in [4.78, 5) is 14.2. The molecule has 1 aromatic carbocycles. The van der Waals surface area contributed by atoms with Gasteiger partial charge in [-0.3, -0.25) is 0 Å². The van der Waals surface area contributed by atoms with Crippen LogP contribution in [0.3, 0.4) is 0 Å². The smallest absolute Gasteiger partial charge is 0.408 e. The Hall–Kier alpha value is -1.33. The van der Waals surface area contributed by atoms with Gasteiger partial charge in [0, 0.05) is 11.6 Å². The number of benzene rings is 1. The van der Waals surface area contributed by atoms with E-state index in [9.17, 15) is 9.18 Å². The van der Waals surface area contributed by atoms with Gasteiger partial charge in [0.1, 0.15) is 11.4 Å². The van der Waals surface area contributed by atoms with Gasteiger partial charge in [-0.05, 0) is 64.0 Å². The molecule has 0 spiro atoms. The fourth-order valence-electron chi connectivity index (χ4n) is 2.28. The van der Waals surface area contributed by atoms with Crippen molar-refractivity contribution in [2.75, 3.05) is 19.6 Å². The van der Waals surface area contributed by atoms with Gasteiger partial charge in [0.2, 0.25) is 0 Å². The third-order valence-electron chi connectivity index (χ3n) is 3.41. The van der Waals surface area contributed by atoms with E-state index in [-0.39, 0.29) is 5.82 Å². The Bertz CT molecular complexity index is 541. The maximum absolute atomic E-state index is 13.5. The minimum absolute atomic E-state index is 0.376. The molecule has 0 bridgehead atoms. The molecule has 6 heteroatoms. The minimum atomic E-state index is -0.586. The molecule has 122 valence electrons. The lowest BCUT2D eigenvalue weighted by Gasteiger charge is -2.35. The molecule has 0 unspecified atom stereocenters. The van der Waals surface area contributed by atoms with Gasteiger partial charge in [0.25, 0.3) is 0 Å². The van der Waals surface area contributed by atoms with Gasteiger partial charge in [-0.1, -0.05) is 11.6 Å². The average Bonchev–Trinajstić information content (AvgIpc) is 2.33. The van der Waals surface area contributed by atoms with Crippen LogP contribution in [0.1, 0.15) is 38.8 Å². The number of hydrogen-bond donors (Lipinski definition) is 1. The normalized spacial score (nSPS) is 16.8. The summed E-state index contributed by atoms with van der Waals surface area (Å²) in [5.74, 6) is -0.376. The van der Waals surface area contributed by atoms with E-state index < -0.39 is 17.7 Å². The predicted molar refractivity (Wildman–Crippen MR) is 84.6 cm³/mol. The number of rotatable bonds is 4. The molecule has 0 saturated carbocycles. The topological polar surface area (TPSA) is 41.6 Å². The number of carbonyl (C=O) groups is 1. The quantitative estimate of drug-likeness (QED) is 0.915. The molecule has 0 radical (unpaired) electrons. The summed E-state index contributed by atoms with van der Waals surface area (Å²) in [5.41, 5.74) is -0.0173. The zero-order valence-electron chi connectivity index (χ0n) is 13.2. The number of alkyl carbamates (subject to hydrolysis) is 1. The molecule has 1 aromatic rings. The Balaban J connectivity index is 2.14. The molecule has 1 N–H and O–H groups in total. The molecule has 1 atom stereocenters. The number of ether oxygens (including phenoxy) is 1. The fraction of sp³-hybridized carbons (Fsp3) is 0.562. The van der Waals surface area contributed by atoms with Gasteiger partial charge < -0.3 is 15.0 Å². The molecule has 0 aliphatic carbocycles. The van der Waals surface area contributed by atoms with Crippen LogP contribution in [0, 0.1) is 5.82 Å². The molecule has 1 saturated heterocycles. The highest BCUT2D eigenvalue weighted by Gasteiger charge is 2.26. The van der Waals surface area contributed by atoms with Crippen LogP contribution in [0.15, 0.2) is 18.2 Å². The summed E-state index contributed by atoms with van der Waals surface area (Å²) < 4.78 is 18.8. The second kappa shape index (κ2) is 6.84. The molecule has 2 rings (SSSR count). The minimum Gasteiger partial charge on any atom is -0.444 e. The van der Waals surface area contributed by atoms with Crippen molar-refractivity contribution in [2.45, 2.75) is 38.8 Å². The molecule has 1 aliphatic heterocycles. The van der Waals surface area contributed by atoms with Gasteiger partial charge in [-0.15, -0.1) is 0 Å². The van der Waals surface area contributed by atoms with Gasteiger partial charge in [0.05, 0.1) is 6.04 Å². The zero-order chi connectivity index (χ0) is 16.3. The second-order valence-electron chi connectivity index (χ2n) is 6.52. The van der Waals surface area contributed by atoms with E-state index in [0.717, 1.165) is 19.5 Å². The number of amides is 1. The predicted octanol–water partition coefficient (Wildman–Crippen LogP) is 3.75. The van der Waals surface area contributed by atoms with Crippen molar-refractivity contribution >= 4 is 17.7 Å². The molecule has 1 heterocycles. The van der Waals surface area contributed by atoms with Gasteiger partial charge in [0.15, 0.2) is 0 Å². The molecule has 1 fully saturated rings. The van der Waals surface area contributed by atoms with E-state index >= 15 is 0 Å². The highest BCUT2D eigenvalue weighted by Crippen LogP contribution is 2.26. The van der Waals surface area contributed by atoms with Crippen molar-refractivity contribution in [2.24, 2.45) is 0 Å². The Morgan fingerprint density at radius 1 is 1.45 bits per heavy atom. The number of halogens is 2. The third-order valence-corrected chi connectivity index (χ3v) is 3.76. The third kappa shape index (κ3) is 4.85. The van der Waals surface area contributed by atoms with Crippen molar-refractivity contribution in [3.05, 3.63) is 34.6 Å². The molecule has 1 aliphatic rings. The van der Waals surface area contributed by atoms with E-state index in [0.29, 0.717) is 17.1 Å². The summed E-state index contributed by atoms with van der Waals surface area (Å²) >= 11 is 6.17. The van der Waals surface area contributed by atoms with Crippen LogP contribution < -0.4 is 5.32 Å². The molecule has 1 amide bonds. The molecule has 4 nitrogen and oxygen atoms in total. The van der Waals surface area contributed by atoms with E-state index in [1.807, 2.05) is 0 Å². The average molecular weight is 329 g/mol.